The van der Waals surface area contributed by atoms with Crippen LogP contribution in [0.1, 0.15) is 0 Å². The molecule has 0 aliphatic rings. The first-order valence-electron chi connectivity index (χ1n) is 3.68. The van der Waals surface area contributed by atoms with Crippen LogP contribution in [0.3, 0.4) is 0 Å². The average molecular weight is 243 g/mol. The van der Waals surface area contributed by atoms with Crippen molar-refractivity contribution < 1.29 is 0 Å². The van der Waals surface area contributed by atoms with Crippen molar-refractivity contribution in [3.8, 4) is 0 Å². The Bertz CT molecular complexity index is 324. The van der Waals surface area contributed by atoms with E-state index in [1.54, 1.807) is 11.9 Å². The highest BCUT2D eigenvalue weighted by Gasteiger charge is 2.07. The molecule has 0 bridgehead atoms. The van der Waals surface area contributed by atoms with Gasteiger partial charge in [0.2, 0.25) is 5.96 Å². The van der Waals surface area contributed by atoms with Gasteiger partial charge < -0.3 is 16.5 Å². The summed E-state index contributed by atoms with van der Waals surface area (Å²) in [4.78, 5) is 1.70. The largest absolute Gasteiger partial charge is 0.368 e. The molecule has 0 unspecified atom stereocenters. The van der Waals surface area contributed by atoms with Gasteiger partial charge in [0, 0.05) is 11.5 Å². The number of hydrogen-bond donors (Lipinski definition) is 2. The van der Waals surface area contributed by atoms with E-state index in [1.165, 1.54) is 0 Å². The van der Waals surface area contributed by atoms with Gasteiger partial charge in [0.15, 0.2) is 0 Å². The van der Waals surface area contributed by atoms with E-state index >= 15 is 0 Å². The Kier molecular flexibility index (Phi) is 3.13. The van der Waals surface area contributed by atoms with Gasteiger partial charge >= 0.3 is 0 Å². The lowest BCUT2D eigenvalue weighted by atomic mass is 10.3. The lowest BCUT2D eigenvalue weighted by Crippen LogP contribution is -2.35. The zero-order chi connectivity index (χ0) is 9.84. The van der Waals surface area contributed by atoms with Crippen molar-refractivity contribution in [1.29, 1.82) is 0 Å². The molecular formula is C8H11BrN4. The number of rotatable bonds is 1. The van der Waals surface area contributed by atoms with Crippen molar-refractivity contribution >= 4 is 27.6 Å². The SMILES string of the molecule is CN(/C(N)=N/N)c1ccccc1Br. The number of hydrogen-bond acceptors (Lipinski definition) is 2. The second-order valence-electron chi connectivity index (χ2n) is 2.50. The molecule has 13 heavy (non-hydrogen) atoms. The molecule has 0 amide bonds. The van der Waals surface area contributed by atoms with Crippen LogP contribution in [0.4, 0.5) is 5.69 Å². The Hall–Kier alpha value is -1.23. The van der Waals surface area contributed by atoms with Crippen LogP contribution in [-0.2, 0) is 0 Å². The van der Waals surface area contributed by atoms with Crippen LogP contribution in [0.25, 0.3) is 0 Å². The highest BCUT2D eigenvalue weighted by atomic mass is 79.9. The molecule has 4 nitrogen and oxygen atoms in total. The topological polar surface area (TPSA) is 67.6 Å². The van der Waals surface area contributed by atoms with Gasteiger partial charge in [-0.3, -0.25) is 0 Å². The van der Waals surface area contributed by atoms with E-state index in [1.807, 2.05) is 24.3 Å². The first-order chi connectivity index (χ1) is 6.16. The zero-order valence-corrected chi connectivity index (χ0v) is 8.82. The third-order valence-corrected chi connectivity index (χ3v) is 2.36. The lowest BCUT2D eigenvalue weighted by Gasteiger charge is -2.18. The van der Waals surface area contributed by atoms with Crippen molar-refractivity contribution in [1.82, 2.24) is 0 Å². The Morgan fingerprint density at radius 3 is 2.62 bits per heavy atom. The highest BCUT2D eigenvalue weighted by molar-refractivity contribution is 9.10. The highest BCUT2D eigenvalue weighted by Crippen LogP contribution is 2.24. The smallest absolute Gasteiger partial charge is 0.217 e. The van der Waals surface area contributed by atoms with Gasteiger partial charge in [0.25, 0.3) is 0 Å². The fourth-order valence-electron chi connectivity index (χ4n) is 0.934. The van der Waals surface area contributed by atoms with Crippen LogP contribution < -0.4 is 16.5 Å². The fraction of sp³-hybridized carbons (Fsp3) is 0.125. The van der Waals surface area contributed by atoms with Crippen LogP contribution in [0.15, 0.2) is 33.8 Å². The molecule has 4 N–H and O–H groups in total. The summed E-state index contributed by atoms with van der Waals surface area (Å²) in [5.74, 6) is 5.34. The number of anilines is 1. The molecule has 0 atom stereocenters. The monoisotopic (exact) mass is 242 g/mol. The van der Waals surface area contributed by atoms with Gasteiger partial charge in [-0.15, -0.1) is 5.10 Å². The van der Waals surface area contributed by atoms with E-state index < -0.39 is 0 Å². The predicted molar refractivity (Wildman–Crippen MR) is 58.4 cm³/mol. The number of nitrogens with two attached hydrogens (primary N) is 2. The molecule has 1 aromatic carbocycles. The van der Waals surface area contributed by atoms with E-state index in [9.17, 15) is 0 Å². The third kappa shape index (κ3) is 2.12. The summed E-state index contributed by atoms with van der Waals surface area (Å²) in [6, 6.07) is 7.69. The normalized spacial score (nSPS) is 11.4. The van der Waals surface area contributed by atoms with Crippen molar-refractivity contribution in [2.45, 2.75) is 0 Å². The Morgan fingerprint density at radius 2 is 2.08 bits per heavy atom. The van der Waals surface area contributed by atoms with E-state index in [2.05, 4.69) is 21.0 Å². The lowest BCUT2D eigenvalue weighted by molar-refractivity contribution is 1.14. The number of hydrazone groups is 1. The molecule has 5 heteroatoms. The molecule has 1 aromatic rings. The van der Waals surface area contributed by atoms with Crippen molar-refractivity contribution in [2.24, 2.45) is 16.7 Å². The van der Waals surface area contributed by atoms with E-state index in [-0.39, 0.29) is 5.96 Å². The minimum absolute atomic E-state index is 0.270. The standard InChI is InChI=1S/C8H11BrN4/c1-13(8(10)12-11)7-5-3-2-4-6(7)9/h2-5H,11H2,1H3,(H2,10,12). The summed E-state index contributed by atoms with van der Waals surface area (Å²) in [7, 11) is 1.80. The van der Waals surface area contributed by atoms with Crippen molar-refractivity contribution in [3.63, 3.8) is 0 Å². The minimum Gasteiger partial charge on any atom is -0.368 e. The molecule has 0 saturated carbocycles. The molecule has 1 rings (SSSR count). The summed E-state index contributed by atoms with van der Waals surface area (Å²) in [6.45, 7) is 0. The van der Waals surface area contributed by atoms with E-state index in [0.717, 1.165) is 10.2 Å². The maximum Gasteiger partial charge on any atom is 0.217 e. The maximum absolute atomic E-state index is 5.55. The van der Waals surface area contributed by atoms with Gasteiger partial charge in [-0.25, -0.2) is 0 Å². The predicted octanol–water partition coefficient (Wildman–Crippen LogP) is 1.07. The van der Waals surface area contributed by atoms with E-state index in [0.29, 0.717) is 0 Å². The van der Waals surface area contributed by atoms with Crippen LogP contribution in [0.2, 0.25) is 0 Å². The molecule has 0 radical (unpaired) electrons. The molecule has 0 heterocycles. The number of halogens is 1. The Labute approximate surface area is 85.3 Å². The Balaban J connectivity index is 3.02. The first-order valence-corrected chi connectivity index (χ1v) is 4.47. The third-order valence-electron chi connectivity index (χ3n) is 1.69. The second-order valence-corrected chi connectivity index (χ2v) is 3.35. The number of benzene rings is 1. The zero-order valence-electron chi connectivity index (χ0n) is 7.24. The van der Waals surface area contributed by atoms with Gasteiger partial charge in [-0.2, -0.15) is 0 Å². The summed E-state index contributed by atoms with van der Waals surface area (Å²) < 4.78 is 0.948. The summed E-state index contributed by atoms with van der Waals surface area (Å²) in [5.41, 5.74) is 6.47. The van der Waals surface area contributed by atoms with Gasteiger partial charge in [0.05, 0.1) is 5.69 Å². The molecule has 0 aromatic heterocycles. The molecule has 0 saturated heterocycles. The Morgan fingerprint density at radius 1 is 1.46 bits per heavy atom. The van der Waals surface area contributed by atoms with Crippen LogP contribution >= 0.6 is 15.9 Å². The summed E-state index contributed by atoms with van der Waals surface area (Å²) in [6.07, 6.45) is 0. The minimum atomic E-state index is 0.270. The second kappa shape index (κ2) is 4.13. The van der Waals surface area contributed by atoms with E-state index in [4.69, 9.17) is 11.6 Å². The van der Waals surface area contributed by atoms with Crippen molar-refractivity contribution in [3.05, 3.63) is 28.7 Å². The van der Waals surface area contributed by atoms with Crippen LogP contribution in [0, 0.1) is 0 Å². The van der Waals surface area contributed by atoms with Gasteiger partial charge in [0.1, 0.15) is 0 Å². The first kappa shape index (κ1) is 9.85. The summed E-state index contributed by atoms with van der Waals surface area (Å²) >= 11 is 3.40. The molecule has 0 aliphatic carbocycles. The molecule has 0 aliphatic heterocycles. The van der Waals surface area contributed by atoms with Gasteiger partial charge in [-0.1, -0.05) is 12.1 Å². The molecular weight excluding hydrogens is 232 g/mol. The average Bonchev–Trinajstić information content (AvgIpc) is 2.16. The van der Waals surface area contributed by atoms with Crippen molar-refractivity contribution in [2.75, 3.05) is 11.9 Å². The molecule has 0 spiro atoms. The quantitative estimate of drug-likeness (QED) is 0.335. The molecule has 70 valence electrons. The number of para-hydroxylation sites is 1. The maximum atomic E-state index is 5.55. The number of guanidine groups is 1. The van der Waals surface area contributed by atoms with Crippen LogP contribution in [-0.4, -0.2) is 13.0 Å². The number of nitrogens with zero attached hydrogens (tertiary/aromatic N) is 2. The fourth-order valence-corrected chi connectivity index (χ4v) is 1.48. The van der Waals surface area contributed by atoms with Gasteiger partial charge in [-0.05, 0) is 28.1 Å². The molecule has 0 fully saturated rings. The van der Waals surface area contributed by atoms with Crippen LogP contribution in [0.5, 0.6) is 0 Å². The summed E-state index contributed by atoms with van der Waals surface area (Å²) in [5, 5.41) is 3.41.